The Morgan fingerprint density at radius 1 is 1.14 bits per heavy atom. The fourth-order valence-electron chi connectivity index (χ4n) is 3.71. The second kappa shape index (κ2) is 8.82. The highest BCUT2D eigenvalue weighted by molar-refractivity contribution is 6.32. The number of carbonyl (C=O) groups is 1. The molecule has 1 fully saturated rings. The summed E-state index contributed by atoms with van der Waals surface area (Å²) in [5.74, 6) is 1.78. The van der Waals surface area contributed by atoms with Crippen LogP contribution in [0.3, 0.4) is 0 Å². The molecule has 29 heavy (non-hydrogen) atoms. The SMILES string of the molecule is COc1ccc(N2CCC(NC(=O)c3cc(Cl)c4c(c3)OCCCO4)CC2)cc1. The van der Waals surface area contributed by atoms with Crippen LogP contribution < -0.4 is 24.4 Å². The maximum Gasteiger partial charge on any atom is 0.251 e. The number of nitrogens with zero attached hydrogens (tertiary/aromatic N) is 1. The van der Waals surface area contributed by atoms with Crippen molar-refractivity contribution in [2.24, 2.45) is 0 Å². The summed E-state index contributed by atoms with van der Waals surface area (Å²) >= 11 is 6.31. The van der Waals surface area contributed by atoms with Gasteiger partial charge in [-0.2, -0.15) is 0 Å². The van der Waals surface area contributed by atoms with Gasteiger partial charge in [0.25, 0.3) is 5.91 Å². The van der Waals surface area contributed by atoms with Crippen molar-refractivity contribution in [1.82, 2.24) is 5.32 Å². The Morgan fingerprint density at radius 3 is 2.59 bits per heavy atom. The van der Waals surface area contributed by atoms with Crippen molar-refractivity contribution in [2.45, 2.75) is 25.3 Å². The molecular weight excluding hydrogens is 392 g/mol. The zero-order valence-corrected chi connectivity index (χ0v) is 17.2. The second-order valence-electron chi connectivity index (χ2n) is 7.27. The van der Waals surface area contributed by atoms with Gasteiger partial charge in [0.2, 0.25) is 0 Å². The van der Waals surface area contributed by atoms with Crippen LogP contribution in [0.1, 0.15) is 29.6 Å². The van der Waals surface area contributed by atoms with Gasteiger partial charge in [-0.25, -0.2) is 0 Å². The third-order valence-electron chi connectivity index (χ3n) is 5.33. The van der Waals surface area contributed by atoms with E-state index in [1.54, 1.807) is 19.2 Å². The molecule has 1 saturated heterocycles. The van der Waals surface area contributed by atoms with E-state index in [4.69, 9.17) is 25.8 Å². The molecule has 0 radical (unpaired) electrons. The lowest BCUT2D eigenvalue weighted by molar-refractivity contribution is 0.0930. The van der Waals surface area contributed by atoms with Gasteiger partial charge >= 0.3 is 0 Å². The van der Waals surface area contributed by atoms with Crippen LogP contribution in [-0.2, 0) is 0 Å². The lowest BCUT2D eigenvalue weighted by Gasteiger charge is -2.34. The van der Waals surface area contributed by atoms with Crippen molar-refractivity contribution in [1.29, 1.82) is 0 Å². The van der Waals surface area contributed by atoms with Crippen LogP contribution in [-0.4, -0.2) is 45.4 Å². The van der Waals surface area contributed by atoms with Gasteiger partial charge in [-0.3, -0.25) is 4.79 Å². The summed E-state index contributed by atoms with van der Waals surface area (Å²) in [6.45, 7) is 2.89. The number of benzene rings is 2. The van der Waals surface area contributed by atoms with Gasteiger partial charge in [0.15, 0.2) is 11.5 Å². The van der Waals surface area contributed by atoms with Crippen LogP contribution in [0.5, 0.6) is 17.2 Å². The first-order valence-corrected chi connectivity index (χ1v) is 10.3. The number of hydrogen-bond donors (Lipinski definition) is 1. The van der Waals surface area contributed by atoms with Crippen molar-refractivity contribution in [2.75, 3.05) is 38.3 Å². The molecule has 2 heterocycles. The highest BCUT2D eigenvalue weighted by Gasteiger charge is 2.23. The van der Waals surface area contributed by atoms with E-state index in [2.05, 4.69) is 22.3 Å². The predicted octanol–water partition coefficient (Wildman–Crippen LogP) is 3.91. The highest BCUT2D eigenvalue weighted by atomic mass is 35.5. The zero-order valence-electron chi connectivity index (χ0n) is 16.4. The van der Waals surface area contributed by atoms with Crippen LogP contribution in [0.2, 0.25) is 5.02 Å². The first-order chi connectivity index (χ1) is 14.1. The molecule has 2 aliphatic heterocycles. The van der Waals surface area contributed by atoms with Crippen LogP contribution in [0.25, 0.3) is 0 Å². The van der Waals surface area contributed by atoms with E-state index in [0.717, 1.165) is 38.1 Å². The maximum absolute atomic E-state index is 12.8. The van der Waals surface area contributed by atoms with Gasteiger partial charge in [0.1, 0.15) is 5.75 Å². The summed E-state index contributed by atoms with van der Waals surface area (Å²) in [5, 5.41) is 3.54. The Balaban J connectivity index is 1.36. The largest absolute Gasteiger partial charge is 0.497 e. The quantitative estimate of drug-likeness (QED) is 0.818. The summed E-state index contributed by atoms with van der Waals surface area (Å²) in [4.78, 5) is 15.1. The van der Waals surface area contributed by atoms with Crippen molar-refractivity contribution in [3.63, 3.8) is 0 Å². The first-order valence-electron chi connectivity index (χ1n) is 9.93. The molecule has 0 aliphatic carbocycles. The molecule has 154 valence electrons. The molecular formula is C22H25ClN2O4. The van der Waals surface area contributed by atoms with Gasteiger partial charge in [-0.15, -0.1) is 0 Å². The summed E-state index contributed by atoms with van der Waals surface area (Å²) in [6.07, 6.45) is 2.56. The number of ether oxygens (including phenoxy) is 3. The van der Waals surface area contributed by atoms with Gasteiger partial charge < -0.3 is 24.4 Å². The van der Waals surface area contributed by atoms with Crippen molar-refractivity contribution >= 4 is 23.2 Å². The minimum Gasteiger partial charge on any atom is -0.497 e. The lowest BCUT2D eigenvalue weighted by atomic mass is 10.0. The number of fused-ring (bicyclic) bond motifs is 1. The van der Waals surface area contributed by atoms with Crippen LogP contribution in [0.4, 0.5) is 5.69 Å². The number of nitrogens with one attached hydrogen (secondary N) is 1. The van der Waals surface area contributed by atoms with Gasteiger partial charge in [0, 0.05) is 36.8 Å². The molecule has 2 aromatic rings. The normalized spacial score (nSPS) is 16.8. The van der Waals surface area contributed by atoms with E-state index in [0.29, 0.717) is 35.3 Å². The molecule has 0 saturated carbocycles. The average Bonchev–Trinajstić information content (AvgIpc) is 3.00. The smallest absolute Gasteiger partial charge is 0.251 e. The predicted molar refractivity (Wildman–Crippen MR) is 113 cm³/mol. The molecule has 2 aliphatic rings. The Labute approximate surface area is 175 Å². The molecule has 0 spiro atoms. The Morgan fingerprint density at radius 2 is 1.86 bits per heavy atom. The summed E-state index contributed by atoms with van der Waals surface area (Å²) in [5.41, 5.74) is 1.67. The molecule has 6 nitrogen and oxygen atoms in total. The van der Waals surface area contributed by atoms with Gasteiger partial charge in [-0.05, 0) is 49.2 Å². The van der Waals surface area contributed by atoms with Crippen LogP contribution >= 0.6 is 11.6 Å². The molecule has 2 aromatic carbocycles. The number of halogens is 1. The first kappa shape index (κ1) is 19.7. The standard InChI is InChI=1S/C22H25ClN2O4/c1-27-18-5-3-17(4-6-18)25-9-7-16(8-10-25)24-22(26)15-13-19(23)21-20(14-15)28-11-2-12-29-21/h3-6,13-14,16H,2,7-12H2,1H3,(H,24,26). The Kier molecular flexibility index (Phi) is 6.00. The molecule has 0 unspecified atom stereocenters. The number of amides is 1. The van der Waals surface area contributed by atoms with Gasteiger partial charge in [-0.1, -0.05) is 11.6 Å². The molecule has 1 N–H and O–H groups in total. The van der Waals surface area contributed by atoms with Gasteiger partial charge in [0.05, 0.1) is 25.3 Å². The third-order valence-corrected chi connectivity index (χ3v) is 5.61. The highest BCUT2D eigenvalue weighted by Crippen LogP contribution is 2.38. The number of anilines is 1. The number of carbonyl (C=O) groups excluding carboxylic acids is 1. The minimum atomic E-state index is -0.134. The van der Waals surface area contributed by atoms with E-state index in [1.807, 2.05) is 12.1 Å². The van der Waals surface area contributed by atoms with E-state index < -0.39 is 0 Å². The Bertz CT molecular complexity index is 864. The van der Waals surface area contributed by atoms with Crippen molar-refractivity contribution in [3.05, 3.63) is 47.0 Å². The second-order valence-corrected chi connectivity index (χ2v) is 7.68. The molecule has 7 heteroatoms. The average molecular weight is 417 g/mol. The number of rotatable bonds is 4. The summed E-state index contributed by atoms with van der Waals surface area (Å²) in [7, 11) is 1.67. The molecule has 0 aromatic heterocycles. The summed E-state index contributed by atoms with van der Waals surface area (Å²) < 4.78 is 16.5. The fraction of sp³-hybridized carbons (Fsp3) is 0.409. The lowest BCUT2D eigenvalue weighted by Crippen LogP contribution is -2.44. The van der Waals surface area contributed by atoms with E-state index in [9.17, 15) is 4.79 Å². The van der Waals surface area contributed by atoms with Crippen molar-refractivity contribution in [3.8, 4) is 17.2 Å². The van der Waals surface area contributed by atoms with Crippen LogP contribution in [0.15, 0.2) is 36.4 Å². The number of methoxy groups -OCH3 is 1. The number of hydrogen-bond acceptors (Lipinski definition) is 5. The molecule has 1 amide bonds. The molecule has 0 bridgehead atoms. The zero-order chi connectivity index (χ0) is 20.2. The minimum absolute atomic E-state index is 0.131. The topological polar surface area (TPSA) is 60.0 Å². The molecule has 4 rings (SSSR count). The molecule has 0 atom stereocenters. The third kappa shape index (κ3) is 4.53. The maximum atomic E-state index is 12.8. The summed E-state index contributed by atoms with van der Waals surface area (Å²) in [6, 6.07) is 11.6. The van der Waals surface area contributed by atoms with Crippen molar-refractivity contribution < 1.29 is 19.0 Å². The van der Waals surface area contributed by atoms with E-state index >= 15 is 0 Å². The van der Waals surface area contributed by atoms with E-state index in [1.165, 1.54) is 5.69 Å². The van der Waals surface area contributed by atoms with Crippen LogP contribution in [0, 0.1) is 0 Å². The fourth-order valence-corrected chi connectivity index (χ4v) is 3.97. The monoisotopic (exact) mass is 416 g/mol. The van der Waals surface area contributed by atoms with E-state index in [-0.39, 0.29) is 11.9 Å². The number of piperidine rings is 1. The Hall–Kier alpha value is -2.60.